The van der Waals surface area contributed by atoms with Gasteiger partial charge in [0.1, 0.15) is 6.61 Å². The first-order valence-corrected chi connectivity index (χ1v) is 7.19. The van der Waals surface area contributed by atoms with Crippen molar-refractivity contribution < 1.29 is 19.4 Å². The summed E-state index contributed by atoms with van der Waals surface area (Å²) in [6.07, 6.45) is 0.637. The van der Waals surface area contributed by atoms with Crippen LogP contribution in [0.4, 0.5) is 0 Å². The Labute approximate surface area is 128 Å². The smallest absolute Gasteiger partial charge is 0.338 e. The number of hydrogen-bond donors (Lipinski definition) is 1. The molecule has 1 N–H and O–H groups in total. The van der Waals surface area contributed by atoms with E-state index in [9.17, 15) is 9.59 Å². The maximum absolute atomic E-state index is 12.1. The Morgan fingerprint density at radius 3 is 2.55 bits per heavy atom. The van der Waals surface area contributed by atoms with E-state index in [1.165, 1.54) is 0 Å². The number of carbonyl (C=O) groups excluding carboxylic acids is 1. The molecule has 1 aliphatic rings. The third-order valence-electron chi connectivity index (χ3n) is 3.87. The summed E-state index contributed by atoms with van der Waals surface area (Å²) in [6, 6.07) is 16.5. The van der Waals surface area contributed by atoms with Crippen LogP contribution in [-0.2, 0) is 16.1 Å². The standard InChI is InChI=1S/C18H16O4/c19-17(20)16-10-15(16)13-7-4-8-14(9-13)18(21)22-11-12-5-2-1-3-6-12/h1-9,15-16H,10-11H2,(H,19,20)/t15-,16+/m0/s1. The second-order valence-corrected chi connectivity index (χ2v) is 5.47. The minimum atomic E-state index is -0.776. The van der Waals surface area contributed by atoms with Gasteiger partial charge in [0.05, 0.1) is 11.5 Å². The quantitative estimate of drug-likeness (QED) is 0.860. The van der Waals surface area contributed by atoms with Crippen LogP contribution in [0.1, 0.15) is 33.8 Å². The van der Waals surface area contributed by atoms with Gasteiger partial charge in [-0.3, -0.25) is 4.79 Å². The lowest BCUT2D eigenvalue weighted by molar-refractivity contribution is -0.138. The molecule has 3 rings (SSSR count). The van der Waals surface area contributed by atoms with Crippen molar-refractivity contribution >= 4 is 11.9 Å². The Morgan fingerprint density at radius 2 is 1.86 bits per heavy atom. The highest BCUT2D eigenvalue weighted by molar-refractivity contribution is 5.89. The van der Waals surface area contributed by atoms with Crippen LogP contribution in [0.25, 0.3) is 0 Å². The van der Waals surface area contributed by atoms with Crippen molar-refractivity contribution in [1.29, 1.82) is 0 Å². The molecule has 0 radical (unpaired) electrons. The van der Waals surface area contributed by atoms with E-state index in [0.29, 0.717) is 12.0 Å². The molecule has 1 fully saturated rings. The van der Waals surface area contributed by atoms with E-state index < -0.39 is 11.9 Å². The number of carboxylic acid groups (broad SMARTS) is 1. The number of carboxylic acids is 1. The molecule has 0 aromatic heterocycles. The summed E-state index contributed by atoms with van der Waals surface area (Å²) >= 11 is 0. The van der Waals surface area contributed by atoms with Gasteiger partial charge in [-0.25, -0.2) is 4.79 Å². The Kier molecular flexibility index (Phi) is 3.92. The topological polar surface area (TPSA) is 63.6 Å². The Bertz CT molecular complexity index is 693. The zero-order valence-corrected chi connectivity index (χ0v) is 11.9. The fraction of sp³-hybridized carbons (Fsp3) is 0.222. The highest BCUT2D eigenvalue weighted by atomic mass is 16.5. The predicted molar refractivity (Wildman–Crippen MR) is 80.5 cm³/mol. The van der Waals surface area contributed by atoms with Gasteiger partial charge in [-0.15, -0.1) is 0 Å². The normalized spacial score (nSPS) is 19.5. The summed E-state index contributed by atoms with van der Waals surface area (Å²) in [4.78, 5) is 23.0. The Balaban J connectivity index is 1.65. The molecule has 2 atom stereocenters. The summed E-state index contributed by atoms with van der Waals surface area (Å²) in [6.45, 7) is 0.227. The molecule has 2 aromatic rings. The highest BCUT2D eigenvalue weighted by Crippen LogP contribution is 2.47. The Morgan fingerprint density at radius 1 is 1.09 bits per heavy atom. The van der Waals surface area contributed by atoms with Crippen molar-refractivity contribution in [3.05, 3.63) is 71.3 Å². The largest absolute Gasteiger partial charge is 0.481 e. The lowest BCUT2D eigenvalue weighted by Gasteiger charge is -2.06. The van der Waals surface area contributed by atoms with Crippen molar-refractivity contribution in [3.63, 3.8) is 0 Å². The van der Waals surface area contributed by atoms with Crippen LogP contribution in [0, 0.1) is 5.92 Å². The molecule has 0 heterocycles. The second kappa shape index (κ2) is 6.02. The predicted octanol–water partition coefficient (Wildman–Crippen LogP) is 3.23. The third kappa shape index (κ3) is 3.17. The van der Waals surface area contributed by atoms with Gasteiger partial charge >= 0.3 is 11.9 Å². The maximum atomic E-state index is 12.1. The summed E-state index contributed by atoms with van der Waals surface area (Å²) in [5.41, 5.74) is 2.28. The van der Waals surface area contributed by atoms with Crippen molar-refractivity contribution in [3.8, 4) is 0 Å². The van der Waals surface area contributed by atoms with Crippen LogP contribution in [-0.4, -0.2) is 17.0 Å². The molecule has 0 unspecified atom stereocenters. The van der Waals surface area contributed by atoms with Gasteiger partial charge in [-0.2, -0.15) is 0 Å². The molecule has 22 heavy (non-hydrogen) atoms. The molecule has 1 saturated carbocycles. The van der Waals surface area contributed by atoms with Crippen LogP contribution >= 0.6 is 0 Å². The maximum Gasteiger partial charge on any atom is 0.338 e. The van der Waals surface area contributed by atoms with E-state index in [4.69, 9.17) is 9.84 Å². The van der Waals surface area contributed by atoms with Gasteiger partial charge in [0, 0.05) is 0 Å². The van der Waals surface area contributed by atoms with Crippen molar-refractivity contribution in [2.75, 3.05) is 0 Å². The van der Waals surface area contributed by atoms with E-state index >= 15 is 0 Å². The highest BCUT2D eigenvalue weighted by Gasteiger charge is 2.44. The van der Waals surface area contributed by atoms with Crippen LogP contribution in [0.5, 0.6) is 0 Å². The van der Waals surface area contributed by atoms with Crippen LogP contribution in [0.3, 0.4) is 0 Å². The number of esters is 1. The molecule has 1 aliphatic carbocycles. The average Bonchev–Trinajstić information content (AvgIpc) is 3.35. The summed E-state index contributed by atoms with van der Waals surface area (Å²) < 4.78 is 5.29. The molecule has 0 spiro atoms. The minimum absolute atomic E-state index is 0.0133. The molecule has 4 nitrogen and oxygen atoms in total. The first-order chi connectivity index (χ1) is 10.6. The van der Waals surface area contributed by atoms with Gasteiger partial charge in [-0.1, -0.05) is 42.5 Å². The monoisotopic (exact) mass is 296 g/mol. The zero-order valence-electron chi connectivity index (χ0n) is 11.9. The molecule has 0 amide bonds. The molecule has 112 valence electrons. The third-order valence-corrected chi connectivity index (χ3v) is 3.87. The van der Waals surface area contributed by atoms with Crippen molar-refractivity contribution in [2.24, 2.45) is 5.92 Å². The molecule has 0 saturated heterocycles. The van der Waals surface area contributed by atoms with Crippen molar-refractivity contribution in [2.45, 2.75) is 18.9 Å². The van der Waals surface area contributed by atoms with Gasteiger partial charge in [-0.05, 0) is 35.6 Å². The lowest BCUT2D eigenvalue weighted by Crippen LogP contribution is -2.06. The van der Waals surface area contributed by atoms with Crippen LogP contribution in [0.15, 0.2) is 54.6 Å². The van der Waals surface area contributed by atoms with E-state index in [0.717, 1.165) is 11.1 Å². The second-order valence-electron chi connectivity index (χ2n) is 5.47. The van der Waals surface area contributed by atoms with Crippen LogP contribution in [0.2, 0.25) is 0 Å². The molecule has 0 aliphatic heterocycles. The lowest BCUT2D eigenvalue weighted by atomic mass is 10.1. The van der Waals surface area contributed by atoms with Gasteiger partial charge in [0.25, 0.3) is 0 Å². The number of benzene rings is 2. The number of carbonyl (C=O) groups is 2. The minimum Gasteiger partial charge on any atom is -0.481 e. The van der Waals surface area contributed by atoms with E-state index in [2.05, 4.69) is 0 Å². The van der Waals surface area contributed by atoms with Gasteiger partial charge < -0.3 is 9.84 Å². The Hall–Kier alpha value is -2.62. The molecular weight excluding hydrogens is 280 g/mol. The number of ether oxygens (including phenoxy) is 1. The van der Waals surface area contributed by atoms with Gasteiger partial charge in [0.2, 0.25) is 0 Å². The first kappa shape index (κ1) is 14.3. The zero-order chi connectivity index (χ0) is 15.5. The number of hydrogen-bond acceptors (Lipinski definition) is 3. The molecule has 4 heteroatoms. The van der Waals surface area contributed by atoms with Crippen molar-refractivity contribution in [1.82, 2.24) is 0 Å². The molecule has 2 aromatic carbocycles. The van der Waals surface area contributed by atoms with Gasteiger partial charge in [0.15, 0.2) is 0 Å². The van der Waals surface area contributed by atoms with E-state index in [1.807, 2.05) is 36.4 Å². The fourth-order valence-corrected chi connectivity index (χ4v) is 2.54. The fourth-order valence-electron chi connectivity index (χ4n) is 2.54. The number of rotatable bonds is 5. The molecular formula is C18H16O4. The number of aliphatic carboxylic acids is 1. The first-order valence-electron chi connectivity index (χ1n) is 7.19. The van der Waals surface area contributed by atoms with E-state index in [1.54, 1.807) is 18.2 Å². The summed E-state index contributed by atoms with van der Waals surface area (Å²) in [5.74, 6) is -1.48. The summed E-state index contributed by atoms with van der Waals surface area (Å²) in [7, 11) is 0. The average molecular weight is 296 g/mol. The molecule has 0 bridgehead atoms. The SMILES string of the molecule is O=C(OCc1ccccc1)c1cccc([C@@H]2C[C@H]2C(=O)O)c1. The van der Waals surface area contributed by atoms with E-state index in [-0.39, 0.29) is 18.4 Å². The van der Waals surface area contributed by atoms with Crippen LogP contribution < -0.4 is 0 Å². The summed E-state index contributed by atoms with van der Waals surface area (Å²) in [5, 5.41) is 8.98.